The molecule has 0 bridgehead atoms. The number of nitrogens with one attached hydrogen (secondary N) is 1. The fourth-order valence-corrected chi connectivity index (χ4v) is 3.11. The molecule has 0 aliphatic heterocycles. The van der Waals surface area contributed by atoms with Crippen molar-refractivity contribution in [1.29, 1.82) is 5.26 Å². The summed E-state index contributed by atoms with van der Waals surface area (Å²) in [4.78, 5) is 4.06. The molecule has 0 spiro atoms. The summed E-state index contributed by atoms with van der Waals surface area (Å²) in [5, 5.41) is 9.10. The van der Waals surface area contributed by atoms with E-state index >= 15 is 0 Å². The molecule has 0 unspecified atom stereocenters. The van der Waals surface area contributed by atoms with Crippen molar-refractivity contribution in [2.75, 3.05) is 4.72 Å². The summed E-state index contributed by atoms with van der Waals surface area (Å²) in [5.74, 6) is 0.627. The molecule has 1 aromatic heterocycles. The minimum Gasteiger partial charge on any atom is -0.334 e. The third-order valence-corrected chi connectivity index (χ3v) is 4.43. The molecule has 2 rings (SSSR count). The zero-order valence-electron chi connectivity index (χ0n) is 12.1. The van der Waals surface area contributed by atoms with Crippen LogP contribution in [0.15, 0.2) is 29.4 Å². The van der Waals surface area contributed by atoms with E-state index in [-0.39, 0.29) is 10.7 Å². The van der Waals surface area contributed by atoms with Gasteiger partial charge in [-0.3, -0.25) is 4.72 Å². The molecule has 7 heteroatoms. The lowest BCUT2D eigenvalue weighted by atomic mass is 10.1. The number of imidazole rings is 1. The number of aromatic nitrogens is 2. The molecule has 2 aromatic rings. The second-order valence-corrected chi connectivity index (χ2v) is 6.26. The van der Waals surface area contributed by atoms with Crippen molar-refractivity contribution in [2.45, 2.75) is 32.3 Å². The van der Waals surface area contributed by atoms with Gasteiger partial charge in [-0.25, -0.2) is 4.98 Å². The number of nitrogens with zero attached hydrogens (tertiary/aromatic N) is 3. The van der Waals surface area contributed by atoms with Crippen LogP contribution in [0.2, 0.25) is 0 Å². The second-order valence-electron chi connectivity index (χ2n) is 4.63. The van der Waals surface area contributed by atoms with Crippen LogP contribution in [0.4, 0.5) is 5.69 Å². The molecular weight excluding hydrogens is 288 g/mol. The summed E-state index contributed by atoms with van der Waals surface area (Å²) in [6.07, 6.45) is 1.49. The number of hydrogen-bond acceptors (Lipinski definition) is 4. The third-order valence-electron chi connectivity index (χ3n) is 3.20. The van der Waals surface area contributed by atoms with Gasteiger partial charge in [0.1, 0.15) is 11.9 Å². The van der Waals surface area contributed by atoms with Crippen LogP contribution in [-0.2, 0) is 16.6 Å². The lowest BCUT2D eigenvalue weighted by molar-refractivity contribution is 0.598. The number of aryl methyl sites for hydroxylation is 3. The Kier molecular flexibility index (Phi) is 4.00. The van der Waals surface area contributed by atoms with E-state index in [9.17, 15) is 8.42 Å². The van der Waals surface area contributed by atoms with E-state index in [0.717, 1.165) is 0 Å². The number of benzene rings is 1. The van der Waals surface area contributed by atoms with Gasteiger partial charge in [-0.1, -0.05) is 12.1 Å². The van der Waals surface area contributed by atoms with Gasteiger partial charge in [0.2, 0.25) is 0 Å². The van der Waals surface area contributed by atoms with Gasteiger partial charge in [0.05, 0.1) is 11.3 Å². The predicted octanol–water partition coefficient (Wildman–Crippen LogP) is 2.19. The number of anilines is 1. The Morgan fingerprint density at radius 1 is 1.38 bits per heavy atom. The molecule has 1 heterocycles. The third kappa shape index (κ3) is 2.90. The lowest BCUT2D eigenvalue weighted by Gasteiger charge is -2.09. The zero-order valence-corrected chi connectivity index (χ0v) is 12.9. The van der Waals surface area contributed by atoms with Crippen molar-refractivity contribution in [2.24, 2.45) is 0 Å². The first-order valence-corrected chi connectivity index (χ1v) is 7.93. The molecule has 110 valence electrons. The quantitative estimate of drug-likeness (QED) is 0.938. The Morgan fingerprint density at radius 2 is 2.10 bits per heavy atom. The maximum absolute atomic E-state index is 12.4. The highest BCUT2D eigenvalue weighted by atomic mass is 32.2. The molecule has 0 saturated carbocycles. The van der Waals surface area contributed by atoms with Gasteiger partial charge < -0.3 is 4.57 Å². The fourth-order valence-electron chi connectivity index (χ4n) is 2.03. The van der Waals surface area contributed by atoms with Gasteiger partial charge in [-0.05, 0) is 32.4 Å². The monoisotopic (exact) mass is 304 g/mol. The molecule has 1 aromatic carbocycles. The summed E-state index contributed by atoms with van der Waals surface area (Å²) in [5.41, 5.74) is 1.29. The molecule has 1 N–H and O–H groups in total. The van der Waals surface area contributed by atoms with Gasteiger partial charge in [-0.15, -0.1) is 0 Å². The fraction of sp³-hybridized carbons (Fsp3) is 0.286. The number of hydrogen-bond donors (Lipinski definition) is 1. The summed E-state index contributed by atoms with van der Waals surface area (Å²) in [6.45, 7) is 6.05. The van der Waals surface area contributed by atoms with Crippen LogP contribution < -0.4 is 4.72 Å². The van der Waals surface area contributed by atoms with Crippen molar-refractivity contribution < 1.29 is 8.42 Å². The molecule has 6 nitrogen and oxygen atoms in total. The minimum absolute atomic E-state index is 0.0488. The number of rotatable bonds is 4. The Balaban J connectivity index is 2.43. The smallest absolute Gasteiger partial charge is 0.280 e. The van der Waals surface area contributed by atoms with Crippen molar-refractivity contribution in [3.63, 3.8) is 0 Å². The summed E-state index contributed by atoms with van der Waals surface area (Å²) < 4.78 is 28.9. The lowest BCUT2D eigenvalue weighted by Crippen LogP contribution is -2.14. The highest BCUT2D eigenvalue weighted by Gasteiger charge is 2.20. The first-order chi connectivity index (χ1) is 9.89. The van der Waals surface area contributed by atoms with Crippen molar-refractivity contribution in [3.8, 4) is 6.07 Å². The summed E-state index contributed by atoms with van der Waals surface area (Å²) in [7, 11) is -3.81. The second kappa shape index (κ2) is 5.58. The van der Waals surface area contributed by atoms with Crippen LogP contribution in [0.3, 0.4) is 0 Å². The standard InChI is InChI=1S/C14H16N4O2S/c1-4-18-9-14(16-11(18)3)21(19,20)17-13-7-5-6-10(2)12(13)8-15/h5-7,9,17H,4H2,1-3H3. The Hall–Kier alpha value is -2.33. The van der Waals surface area contributed by atoms with E-state index in [1.54, 1.807) is 36.6 Å². The molecule has 0 saturated heterocycles. The molecule has 21 heavy (non-hydrogen) atoms. The molecular formula is C14H16N4O2S. The average Bonchev–Trinajstić information content (AvgIpc) is 2.81. The normalized spacial score (nSPS) is 11.1. The van der Waals surface area contributed by atoms with Crippen LogP contribution in [-0.4, -0.2) is 18.0 Å². The van der Waals surface area contributed by atoms with Crippen molar-refractivity contribution >= 4 is 15.7 Å². The largest absolute Gasteiger partial charge is 0.334 e. The first-order valence-electron chi connectivity index (χ1n) is 6.45. The van der Waals surface area contributed by atoms with E-state index < -0.39 is 10.0 Å². The van der Waals surface area contributed by atoms with Gasteiger partial charge in [0, 0.05) is 12.7 Å². The van der Waals surface area contributed by atoms with Crippen LogP contribution >= 0.6 is 0 Å². The van der Waals surface area contributed by atoms with Crippen molar-refractivity contribution in [3.05, 3.63) is 41.3 Å². The van der Waals surface area contributed by atoms with E-state index in [1.165, 1.54) is 6.20 Å². The molecule has 0 aliphatic rings. The van der Waals surface area contributed by atoms with E-state index in [0.29, 0.717) is 23.5 Å². The Morgan fingerprint density at radius 3 is 2.67 bits per heavy atom. The number of sulfonamides is 1. The van der Waals surface area contributed by atoms with Gasteiger partial charge >= 0.3 is 0 Å². The Labute approximate surface area is 124 Å². The van der Waals surface area contributed by atoms with Crippen LogP contribution in [0.5, 0.6) is 0 Å². The van der Waals surface area contributed by atoms with Crippen LogP contribution in [0, 0.1) is 25.2 Å². The highest BCUT2D eigenvalue weighted by Crippen LogP contribution is 2.22. The SMILES string of the molecule is CCn1cc(S(=O)(=O)Nc2cccc(C)c2C#N)nc1C. The summed E-state index contributed by atoms with van der Waals surface area (Å²) >= 11 is 0. The van der Waals surface area contributed by atoms with Crippen LogP contribution in [0.25, 0.3) is 0 Å². The van der Waals surface area contributed by atoms with E-state index in [1.807, 2.05) is 13.0 Å². The predicted molar refractivity (Wildman–Crippen MR) is 79.3 cm³/mol. The highest BCUT2D eigenvalue weighted by molar-refractivity contribution is 7.92. The van der Waals surface area contributed by atoms with Gasteiger partial charge in [0.25, 0.3) is 10.0 Å². The van der Waals surface area contributed by atoms with Crippen LogP contribution in [0.1, 0.15) is 23.9 Å². The molecule has 0 aliphatic carbocycles. The van der Waals surface area contributed by atoms with E-state index in [2.05, 4.69) is 9.71 Å². The summed E-state index contributed by atoms with van der Waals surface area (Å²) in [6, 6.07) is 7.03. The zero-order chi connectivity index (χ0) is 15.6. The van der Waals surface area contributed by atoms with Gasteiger partial charge in [0.15, 0.2) is 5.03 Å². The minimum atomic E-state index is -3.81. The topological polar surface area (TPSA) is 87.8 Å². The maximum atomic E-state index is 12.4. The molecule has 0 radical (unpaired) electrons. The van der Waals surface area contributed by atoms with E-state index in [4.69, 9.17) is 5.26 Å². The van der Waals surface area contributed by atoms with Gasteiger partial charge in [-0.2, -0.15) is 13.7 Å². The van der Waals surface area contributed by atoms with Crippen molar-refractivity contribution in [1.82, 2.24) is 9.55 Å². The first kappa shape index (κ1) is 15.1. The number of nitriles is 1. The average molecular weight is 304 g/mol. The Bertz CT molecular complexity index is 816. The molecule has 0 atom stereocenters. The maximum Gasteiger partial charge on any atom is 0.280 e. The molecule has 0 amide bonds. The molecule has 0 fully saturated rings.